The SMILES string of the molecule is CN(C)C(CNc1ccc(C#N)cn1)c1ccccc1. The Labute approximate surface area is 119 Å². The van der Waals surface area contributed by atoms with Crippen LogP contribution < -0.4 is 5.32 Å². The molecule has 0 saturated heterocycles. The molecule has 1 heterocycles. The summed E-state index contributed by atoms with van der Waals surface area (Å²) >= 11 is 0. The zero-order chi connectivity index (χ0) is 14.4. The molecule has 1 unspecified atom stereocenters. The van der Waals surface area contributed by atoms with Crippen molar-refractivity contribution < 1.29 is 0 Å². The van der Waals surface area contributed by atoms with E-state index in [1.54, 1.807) is 12.3 Å². The molecule has 1 N–H and O–H groups in total. The van der Waals surface area contributed by atoms with Gasteiger partial charge in [0.1, 0.15) is 11.9 Å². The average molecular weight is 266 g/mol. The van der Waals surface area contributed by atoms with Crippen LogP contribution >= 0.6 is 0 Å². The molecule has 0 radical (unpaired) electrons. The van der Waals surface area contributed by atoms with Gasteiger partial charge in [-0.2, -0.15) is 5.26 Å². The predicted molar refractivity (Wildman–Crippen MR) is 80.3 cm³/mol. The van der Waals surface area contributed by atoms with Crippen molar-refractivity contribution in [1.29, 1.82) is 5.26 Å². The minimum absolute atomic E-state index is 0.272. The van der Waals surface area contributed by atoms with Crippen molar-refractivity contribution in [3.8, 4) is 6.07 Å². The molecule has 1 aromatic carbocycles. The van der Waals surface area contributed by atoms with Gasteiger partial charge in [-0.3, -0.25) is 0 Å². The number of aromatic nitrogens is 1. The molecule has 1 aromatic heterocycles. The fourth-order valence-corrected chi connectivity index (χ4v) is 2.04. The maximum absolute atomic E-state index is 8.75. The molecule has 4 nitrogen and oxygen atoms in total. The highest BCUT2D eigenvalue weighted by Crippen LogP contribution is 2.18. The zero-order valence-corrected chi connectivity index (χ0v) is 11.7. The standard InChI is InChI=1S/C16H18N4/c1-20(2)15(14-6-4-3-5-7-14)12-19-16-9-8-13(10-17)11-18-16/h3-9,11,15H,12H2,1-2H3,(H,18,19). The van der Waals surface area contributed by atoms with E-state index in [0.717, 1.165) is 12.4 Å². The smallest absolute Gasteiger partial charge is 0.126 e. The van der Waals surface area contributed by atoms with Crippen LogP contribution in [-0.4, -0.2) is 30.5 Å². The highest BCUT2D eigenvalue weighted by Gasteiger charge is 2.13. The molecule has 0 aliphatic carbocycles. The van der Waals surface area contributed by atoms with Crippen LogP contribution in [0.15, 0.2) is 48.7 Å². The minimum atomic E-state index is 0.272. The van der Waals surface area contributed by atoms with E-state index in [1.807, 2.05) is 24.3 Å². The van der Waals surface area contributed by atoms with Gasteiger partial charge in [-0.05, 0) is 31.8 Å². The molecular weight excluding hydrogens is 248 g/mol. The van der Waals surface area contributed by atoms with E-state index in [4.69, 9.17) is 5.26 Å². The lowest BCUT2D eigenvalue weighted by molar-refractivity contribution is 0.311. The first kappa shape index (κ1) is 14.0. The van der Waals surface area contributed by atoms with Gasteiger partial charge in [0.05, 0.1) is 11.6 Å². The number of benzene rings is 1. The van der Waals surface area contributed by atoms with Crippen LogP contribution in [-0.2, 0) is 0 Å². The fourth-order valence-electron chi connectivity index (χ4n) is 2.04. The van der Waals surface area contributed by atoms with E-state index in [0.29, 0.717) is 5.56 Å². The van der Waals surface area contributed by atoms with Crippen LogP contribution in [0.4, 0.5) is 5.82 Å². The van der Waals surface area contributed by atoms with Gasteiger partial charge in [0, 0.05) is 12.7 Å². The molecule has 4 heteroatoms. The number of hydrogen-bond acceptors (Lipinski definition) is 4. The summed E-state index contributed by atoms with van der Waals surface area (Å²) in [6.45, 7) is 0.760. The quantitative estimate of drug-likeness (QED) is 0.904. The van der Waals surface area contributed by atoms with E-state index in [1.165, 1.54) is 5.56 Å². The third kappa shape index (κ3) is 3.56. The Bertz CT molecular complexity index is 570. The number of anilines is 1. The number of pyridine rings is 1. The number of nitrogens with zero attached hydrogens (tertiary/aromatic N) is 3. The normalized spacial score (nSPS) is 11.9. The molecule has 2 rings (SSSR count). The summed E-state index contributed by atoms with van der Waals surface area (Å²) in [5.74, 6) is 0.784. The van der Waals surface area contributed by atoms with E-state index in [-0.39, 0.29) is 6.04 Å². The van der Waals surface area contributed by atoms with Crippen LogP contribution in [0.5, 0.6) is 0 Å². The lowest BCUT2D eigenvalue weighted by Gasteiger charge is -2.25. The third-order valence-electron chi connectivity index (χ3n) is 3.18. The average Bonchev–Trinajstić information content (AvgIpc) is 2.49. The number of likely N-dealkylation sites (N-methyl/N-ethyl adjacent to an activating group) is 1. The lowest BCUT2D eigenvalue weighted by atomic mass is 10.1. The molecule has 2 aromatic rings. The van der Waals surface area contributed by atoms with Crippen molar-refractivity contribution in [1.82, 2.24) is 9.88 Å². The molecule has 0 aliphatic heterocycles. The van der Waals surface area contributed by atoms with Crippen LogP contribution in [0.3, 0.4) is 0 Å². The van der Waals surface area contributed by atoms with Crippen LogP contribution in [0.2, 0.25) is 0 Å². The first-order valence-corrected chi connectivity index (χ1v) is 6.52. The van der Waals surface area contributed by atoms with E-state index >= 15 is 0 Å². The van der Waals surface area contributed by atoms with Crippen molar-refractivity contribution in [2.75, 3.05) is 26.0 Å². The van der Waals surface area contributed by atoms with Crippen LogP contribution in [0.25, 0.3) is 0 Å². The first-order valence-electron chi connectivity index (χ1n) is 6.52. The second-order valence-electron chi connectivity index (χ2n) is 4.81. The summed E-state index contributed by atoms with van der Waals surface area (Å²) in [7, 11) is 4.12. The maximum Gasteiger partial charge on any atom is 0.126 e. The molecule has 0 aliphatic rings. The molecule has 0 saturated carbocycles. The second-order valence-corrected chi connectivity index (χ2v) is 4.81. The molecule has 20 heavy (non-hydrogen) atoms. The zero-order valence-electron chi connectivity index (χ0n) is 11.7. The Kier molecular flexibility index (Phi) is 4.70. The highest BCUT2D eigenvalue weighted by molar-refractivity contribution is 5.39. The fraction of sp³-hybridized carbons (Fsp3) is 0.250. The Morgan fingerprint density at radius 2 is 1.95 bits per heavy atom. The third-order valence-corrected chi connectivity index (χ3v) is 3.18. The van der Waals surface area contributed by atoms with Gasteiger partial charge in [0.25, 0.3) is 0 Å². The summed E-state index contributed by atoms with van der Waals surface area (Å²) < 4.78 is 0. The van der Waals surface area contributed by atoms with Gasteiger partial charge >= 0.3 is 0 Å². The minimum Gasteiger partial charge on any atom is -0.368 e. The van der Waals surface area contributed by atoms with Gasteiger partial charge in [0.2, 0.25) is 0 Å². The lowest BCUT2D eigenvalue weighted by Crippen LogP contribution is -2.27. The van der Waals surface area contributed by atoms with E-state index in [9.17, 15) is 0 Å². The van der Waals surface area contributed by atoms with E-state index in [2.05, 4.69) is 47.5 Å². The number of rotatable bonds is 5. The van der Waals surface area contributed by atoms with Gasteiger partial charge in [-0.1, -0.05) is 30.3 Å². The van der Waals surface area contributed by atoms with Gasteiger partial charge in [-0.15, -0.1) is 0 Å². The Hall–Kier alpha value is -2.38. The monoisotopic (exact) mass is 266 g/mol. The van der Waals surface area contributed by atoms with Crippen molar-refractivity contribution in [2.45, 2.75) is 6.04 Å². The Morgan fingerprint density at radius 1 is 1.20 bits per heavy atom. The summed E-state index contributed by atoms with van der Waals surface area (Å²) in [6, 6.07) is 16.3. The van der Waals surface area contributed by atoms with Crippen molar-refractivity contribution in [3.63, 3.8) is 0 Å². The van der Waals surface area contributed by atoms with Gasteiger partial charge in [-0.25, -0.2) is 4.98 Å². The highest BCUT2D eigenvalue weighted by atomic mass is 15.1. The molecule has 0 bridgehead atoms. The summed E-state index contributed by atoms with van der Waals surface area (Å²) in [4.78, 5) is 6.39. The summed E-state index contributed by atoms with van der Waals surface area (Å²) in [5.41, 5.74) is 1.83. The topological polar surface area (TPSA) is 52.0 Å². The number of nitrogens with one attached hydrogen (secondary N) is 1. The molecule has 1 atom stereocenters. The second kappa shape index (κ2) is 6.69. The van der Waals surface area contributed by atoms with Gasteiger partial charge in [0.15, 0.2) is 0 Å². The summed E-state index contributed by atoms with van der Waals surface area (Å²) in [6.07, 6.45) is 1.58. The Balaban J connectivity index is 2.04. The predicted octanol–water partition coefficient (Wildman–Crippen LogP) is 2.67. The maximum atomic E-state index is 8.75. The van der Waals surface area contributed by atoms with Crippen molar-refractivity contribution in [2.24, 2.45) is 0 Å². The van der Waals surface area contributed by atoms with Crippen molar-refractivity contribution >= 4 is 5.82 Å². The molecular formula is C16H18N4. The van der Waals surface area contributed by atoms with Crippen molar-refractivity contribution in [3.05, 3.63) is 59.8 Å². The van der Waals surface area contributed by atoms with E-state index < -0.39 is 0 Å². The molecule has 0 amide bonds. The summed E-state index contributed by atoms with van der Waals surface area (Å²) in [5, 5.41) is 12.1. The van der Waals surface area contributed by atoms with Gasteiger partial charge < -0.3 is 10.2 Å². The molecule has 0 spiro atoms. The van der Waals surface area contributed by atoms with Crippen LogP contribution in [0, 0.1) is 11.3 Å². The van der Waals surface area contributed by atoms with Crippen LogP contribution in [0.1, 0.15) is 17.2 Å². The largest absolute Gasteiger partial charge is 0.368 e. The molecule has 102 valence electrons. The number of hydrogen-bond donors (Lipinski definition) is 1. The number of nitriles is 1. The molecule has 0 fully saturated rings. The Morgan fingerprint density at radius 3 is 2.50 bits per heavy atom. The first-order chi connectivity index (χ1) is 9.70.